The minimum atomic E-state index is -0.870. The fourth-order valence-electron chi connectivity index (χ4n) is 2.78. The number of nitriles is 1. The first kappa shape index (κ1) is 22.5. The first-order valence-electron chi connectivity index (χ1n) is 9.30. The van der Waals surface area contributed by atoms with E-state index in [1.54, 1.807) is 26.0 Å². The van der Waals surface area contributed by atoms with E-state index >= 15 is 0 Å². The molecule has 9 nitrogen and oxygen atoms in total. The predicted octanol–water partition coefficient (Wildman–Crippen LogP) is 1.72. The van der Waals surface area contributed by atoms with Crippen LogP contribution in [0.1, 0.15) is 19.4 Å². The van der Waals surface area contributed by atoms with Crippen LogP contribution < -0.4 is 15.5 Å². The molecule has 158 valence electrons. The number of rotatable bonds is 7. The van der Waals surface area contributed by atoms with Crippen molar-refractivity contribution in [1.29, 1.82) is 5.26 Å². The summed E-state index contributed by atoms with van der Waals surface area (Å²) >= 11 is 0. The number of hydrogen-bond donors (Lipinski definition) is 2. The largest absolute Gasteiger partial charge is 0.463 e. The van der Waals surface area contributed by atoms with E-state index in [-0.39, 0.29) is 30.1 Å². The molecule has 9 heteroatoms. The van der Waals surface area contributed by atoms with Crippen LogP contribution in [0.25, 0.3) is 6.08 Å². The summed E-state index contributed by atoms with van der Waals surface area (Å²) in [6.45, 7) is 3.05. The van der Waals surface area contributed by atoms with E-state index in [1.807, 2.05) is 37.2 Å². The molecule has 0 aliphatic carbocycles. The molecular weight excluding hydrogens is 388 g/mol. The smallest absolute Gasteiger partial charge is 0.349 e. The van der Waals surface area contributed by atoms with Crippen molar-refractivity contribution in [2.24, 2.45) is 0 Å². The topological polar surface area (TPSA) is 121 Å². The highest BCUT2D eigenvalue weighted by molar-refractivity contribution is 5.98. The van der Waals surface area contributed by atoms with Gasteiger partial charge in [-0.2, -0.15) is 5.26 Å². The van der Waals surface area contributed by atoms with Gasteiger partial charge in [-0.05, 0) is 37.6 Å². The predicted molar refractivity (Wildman–Crippen MR) is 110 cm³/mol. The summed E-state index contributed by atoms with van der Waals surface area (Å²) in [7, 11) is 3.81. The molecule has 2 amide bonds. The third-order valence-electron chi connectivity index (χ3n) is 4.27. The van der Waals surface area contributed by atoms with Crippen molar-refractivity contribution in [3.63, 3.8) is 0 Å². The highest BCUT2D eigenvalue weighted by Gasteiger charge is 2.30. The molecule has 1 atom stereocenters. The van der Waals surface area contributed by atoms with Crippen LogP contribution in [0.3, 0.4) is 0 Å². The van der Waals surface area contributed by atoms with Gasteiger partial charge in [-0.15, -0.1) is 0 Å². The van der Waals surface area contributed by atoms with Gasteiger partial charge in [0.05, 0.1) is 23.9 Å². The van der Waals surface area contributed by atoms with E-state index in [2.05, 4.69) is 10.6 Å². The van der Waals surface area contributed by atoms with Crippen LogP contribution in [-0.4, -0.2) is 51.3 Å². The van der Waals surface area contributed by atoms with Crippen molar-refractivity contribution < 1.29 is 23.9 Å². The zero-order valence-electron chi connectivity index (χ0n) is 17.3. The lowest BCUT2D eigenvalue weighted by atomic mass is 10.0. The summed E-state index contributed by atoms with van der Waals surface area (Å²) in [6, 6.07) is 7.93. The fourth-order valence-corrected chi connectivity index (χ4v) is 2.78. The van der Waals surface area contributed by atoms with Crippen LogP contribution in [0.5, 0.6) is 0 Å². The summed E-state index contributed by atoms with van der Waals surface area (Å²) in [5.41, 5.74) is 1.70. The maximum absolute atomic E-state index is 12.4. The van der Waals surface area contributed by atoms with Gasteiger partial charge in [0.1, 0.15) is 18.2 Å². The summed E-state index contributed by atoms with van der Waals surface area (Å²) in [4.78, 5) is 38.2. The standard InChI is InChI=1S/C21H24N4O5/c1-5-29-20(27)18-13(2)23-21(28)24-17(18)12-30-19(26)15(11-22)10-14-6-8-16(9-7-14)25(3)4/h6-10,13H,5,12H2,1-4H3,(H2,23,24,28)/b15-10+/t13-/m1/s1. The number of urea groups is 1. The average molecular weight is 412 g/mol. The number of nitrogens with zero attached hydrogens (tertiary/aromatic N) is 2. The first-order chi connectivity index (χ1) is 14.3. The number of anilines is 1. The van der Waals surface area contributed by atoms with Gasteiger partial charge >= 0.3 is 18.0 Å². The second kappa shape index (κ2) is 10.1. The molecule has 2 N–H and O–H groups in total. The Morgan fingerprint density at radius 2 is 1.90 bits per heavy atom. The van der Waals surface area contributed by atoms with Gasteiger partial charge in [0, 0.05) is 19.8 Å². The number of nitrogens with one attached hydrogen (secondary N) is 2. The quantitative estimate of drug-likeness (QED) is 0.397. The van der Waals surface area contributed by atoms with Crippen LogP contribution in [-0.2, 0) is 19.1 Å². The molecule has 0 saturated carbocycles. The summed E-state index contributed by atoms with van der Waals surface area (Å²) in [5.74, 6) is -1.49. The lowest BCUT2D eigenvalue weighted by Gasteiger charge is -2.26. The number of carbonyl (C=O) groups is 3. The number of amides is 2. The van der Waals surface area contributed by atoms with Gasteiger partial charge in [0.15, 0.2) is 0 Å². The SMILES string of the molecule is CCOC(=O)C1=C(COC(=O)/C(C#N)=C/c2ccc(N(C)C)cc2)NC(=O)N[C@@H]1C. The van der Waals surface area contributed by atoms with E-state index in [0.717, 1.165) is 5.69 Å². The molecule has 0 saturated heterocycles. The van der Waals surface area contributed by atoms with Crippen LogP contribution in [0, 0.1) is 11.3 Å². The third-order valence-corrected chi connectivity index (χ3v) is 4.27. The Labute approximate surface area is 174 Å². The Hall–Kier alpha value is -3.80. The summed E-state index contributed by atoms with van der Waals surface area (Å²) in [5, 5.41) is 14.3. The van der Waals surface area contributed by atoms with Crippen LogP contribution >= 0.6 is 0 Å². The zero-order valence-corrected chi connectivity index (χ0v) is 17.3. The molecule has 0 bridgehead atoms. The molecule has 0 radical (unpaired) electrons. The Bertz CT molecular complexity index is 926. The Balaban J connectivity index is 2.17. The molecule has 1 aliphatic rings. The Kier molecular flexibility index (Phi) is 7.58. The van der Waals surface area contributed by atoms with Gasteiger partial charge in [0.25, 0.3) is 0 Å². The van der Waals surface area contributed by atoms with E-state index in [1.165, 1.54) is 6.08 Å². The van der Waals surface area contributed by atoms with Crippen LogP contribution in [0.2, 0.25) is 0 Å². The first-order valence-corrected chi connectivity index (χ1v) is 9.30. The molecule has 1 heterocycles. The average Bonchev–Trinajstić information content (AvgIpc) is 2.70. The Morgan fingerprint density at radius 1 is 1.23 bits per heavy atom. The van der Waals surface area contributed by atoms with Crippen molar-refractivity contribution in [1.82, 2.24) is 10.6 Å². The minimum Gasteiger partial charge on any atom is -0.463 e. The van der Waals surface area contributed by atoms with Gasteiger partial charge in [-0.25, -0.2) is 14.4 Å². The number of ether oxygens (including phenoxy) is 2. The van der Waals surface area contributed by atoms with E-state index in [4.69, 9.17) is 9.47 Å². The molecule has 0 unspecified atom stereocenters. The molecular formula is C21H24N4O5. The number of esters is 2. The van der Waals surface area contributed by atoms with Crippen molar-refractivity contribution in [2.75, 3.05) is 32.2 Å². The second-order valence-corrected chi connectivity index (χ2v) is 6.66. The number of carbonyl (C=O) groups excluding carboxylic acids is 3. The number of benzene rings is 1. The molecule has 1 aliphatic heterocycles. The Morgan fingerprint density at radius 3 is 2.47 bits per heavy atom. The highest BCUT2D eigenvalue weighted by Crippen LogP contribution is 2.17. The van der Waals surface area contributed by atoms with Gasteiger partial charge < -0.3 is 25.0 Å². The second-order valence-electron chi connectivity index (χ2n) is 6.66. The molecule has 30 heavy (non-hydrogen) atoms. The van der Waals surface area contributed by atoms with E-state index in [0.29, 0.717) is 5.56 Å². The molecule has 2 rings (SSSR count). The van der Waals surface area contributed by atoms with Crippen LogP contribution in [0.4, 0.5) is 10.5 Å². The fraction of sp³-hybridized carbons (Fsp3) is 0.333. The molecule has 0 fully saturated rings. The maximum Gasteiger partial charge on any atom is 0.349 e. The van der Waals surface area contributed by atoms with Gasteiger partial charge in [-0.3, -0.25) is 0 Å². The lowest BCUT2D eigenvalue weighted by Crippen LogP contribution is -2.50. The molecule has 1 aromatic carbocycles. The molecule has 0 aromatic heterocycles. The third kappa shape index (κ3) is 5.61. The van der Waals surface area contributed by atoms with E-state index < -0.39 is 24.0 Å². The summed E-state index contributed by atoms with van der Waals surface area (Å²) < 4.78 is 10.2. The summed E-state index contributed by atoms with van der Waals surface area (Å²) in [6.07, 6.45) is 1.41. The van der Waals surface area contributed by atoms with Gasteiger partial charge in [0.2, 0.25) is 0 Å². The zero-order chi connectivity index (χ0) is 22.3. The maximum atomic E-state index is 12.4. The van der Waals surface area contributed by atoms with Crippen LogP contribution in [0.15, 0.2) is 41.1 Å². The van der Waals surface area contributed by atoms with Crippen molar-refractivity contribution in [2.45, 2.75) is 19.9 Å². The lowest BCUT2D eigenvalue weighted by molar-refractivity contribution is -0.140. The minimum absolute atomic E-state index is 0.116. The van der Waals surface area contributed by atoms with Crippen molar-refractivity contribution >= 4 is 29.7 Å². The molecule has 1 aromatic rings. The van der Waals surface area contributed by atoms with Crippen molar-refractivity contribution in [3.8, 4) is 6.07 Å². The molecule has 0 spiro atoms. The number of hydrogen-bond acceptors (Lipinski definition) is 7. The monoisotopic (exact) mass is 412 g/mol. The normalized spacial score (nSPS) is 16.2. The van der Waals surface area contributed by atoms with Gasteiger partial charge in [-0.1, -0.05) is 12.1 Å². The van der Waals surface area contributed by atoms with E-state index in [9.17, 15) is 19.6 Å². The highest BCUT2D eigenvalue weighted by atomic mass is 16.5. The van der Waals surface area contributed by atoms with Crippen molar-refractivity contribution in [3.05, 3.63) is 46.7 Å².